The zero-order chi connectivity index (χ0) is 24.6. The van der Waals surface area contributed by atoms with E-state index in [9.17, 15) is 4.79 Å². The maximum Gasteiger partial charge on any atom is 0.439 e. The van der Waals surface area contributed by atoms with Gasteiger partial charge in [0.25, 0.3) is 0 Å². The van der Waals surface area contributed by atoms with Crippen molar-refractivity contribution in [1.29, 1.82) is 0 Å². The first-order valence-corrected chi connectivity index (χ1v) is 13.9. The number of aromatic amines is 1. The molecule has 3 heterocycles. The molecule has 0 aliphatic heterocycles. The molecule has 0 spiro atoms. The Morgan fingerprint density at radius 3 is 2.61 bits per heavy atom. The first-order valence-electron chi connectivity index (χ1n) is 13.9. The summed E-state index contributed by atoms with van der Waals surface area (Å²) in [5, 5.41) is 7.58. The highest BCUT2D eigenvalue weighted by molar-refractivity contribution is 5.88. The fourth-order valence-electron chi connectivity index (χ4n) is 6.08. The van der Waals surface area contributed by atoms with Crippen LogP contribution in [-0.4, -0.2) is 35.7 Å². The van der Waals surface area contributed by atoms with Crippen molar-refractivity contribution in [2.45, 2.75) is 97.1 Å². The van der Waals surface area contributed by atoms with E-state index in [1.165, 1.54) is 63.4 Å². The summed E-state index contributed by atoms with van der Waals surface area (Å²) in [7, 11) is 0. The highest BCUT2D eigenvalue weighted by Gasteiger charge is 2.29. The van der Waals surface area contributed by atoms with Crippen LogP contribution in [0.4, 0.5) is 5.82 Å². The molecule has 3 aliphatic rings. The summed E-state index contributed by atoms with van der Waals surface area (Å²) in [5.74, 6) is 3.84. The lowest BCUT2D eigenvalue weighted by molar-refractivity contribution is 0.266. The summed E-state index contributed by atoms with van der Waals surface area (Å²) in [4.78, 5) is 29.0. The normalized spacial score (nSPS) is 23.9. The third-order valence-corrected chi connectivity index (χ3v) is 8.63. The van der Waals surface area contributed by atoms with Gasteiger partial charge in [0.05, 0.1) is 0 Å². The number of nitrogens with zero attached hydrogens (tertiary/aromatic N) is 5. The van der Waals surface area contributed by atoms with E-state index in [-0.39, 0.29) is 11.9 Å². The maximum atomic E-state index is 11.7. The second-order valence-corrected chi connectivity index (χ2v) is 11.3. The van der Waals surface area contributed by atoms with E-state index < -0.39 is 5.76 Å². The van der Waals surface area contributed by atoms with E-state index in [4.69, 9.17) is 19.5 Å². The number of H-pyrrole nitrogens is 1. The number of rotatable bonds is 7. The highest BCUT2D eigenvalue weighted by Crippen LogP contribution is 2.37. The standard InChI is InChI=1S/C27H37N7O2/c1-16-11-13-18(14-12-16)15-34-21-22(28-17(2)19-9-6-10-19)29-24(25-32-27(35)36-33-25)30-23(21)31-26(34)20-7-4-3-5-8-20/h7,16-19H,3-6,8-15H2,1-2H3,(H,28,29,30)(H,32,33,35). The molecular formula is C27H37N7O2. The molecule has 1 unspecified atom stereocenters. The smallest absolute Gasteiger partial charge is 0.365 e. The molecule has 2 saturated carbocycles. The van der Waals surface area contributed by atoms with Crippen LogP contribution in [-0.2, 0) is 6.54 Å². The van der Waals surface area contributed by atoms with Gasteiger partial charge in [-0.2, -0.15) is 0 Å². The lowest BCUT2D eigenvalue weighted by atomic mass is 9.80. The fourth-order valence-corrected chi connectivity index (χ4v) is 6.08. The van der Waals surface area contributed by atoms with Crippen molar-refractivity contribution in [3.63, 3.8) is 0 Å². The Bertz CT molecular complexity index is 1310. The molecular weight excluding hydrogens is 454 g/mol. The van der Waals surface area contributed by atoms with Crippen LogP contribution in [0.15, 0.2) is 15.4 Å². The van der Waals surface area contributed by atoms with Gasteiger partial charge < -0.3 is 9.88 Å². The molecule has 0 bridgehead atoms. The summed E-state index contributed by atoms with van der Waals surface area (Å²) in [6.07, 6.45) is 15.8. The van der Waals surface area contributed by atoms with Crippen LogP contribution >= 0.6 is 0 Å². The molecule has 9 heteroatoms. The molecule has 0 saturated heterocycles. The van der Waals surface area contributed by atoms with E-state index >= 15 is 0 Å². The average molecular weight is 492 g/mol. The SMILES string of the molecule is CC1CCC(Cn2c(C3=CCCCC3)nc3nc(-c4noc(=O)[nH]4)nc(NC(C)C4CCC4)c32)CC1. The Balaban J connectivity index is 1.48. The molecule has 0 aromatic carbocycles. The summed E-state index contributed by atoms with van der Waals surface area (Å²) in [6.45, 7) is 5.55. The van der Waals surface area contributed by atoms with E-state index in [0.717, 1.165) is 42.5 Å². The molecule has 36 heavy (non-hydrogen) atoms. The number of hydrogen-bond donors (Lipinski definition) is 2. The monoisotopic (exact) mass is 491 g/mol. The van der Waals surface area contributed by atoms with Crippen molar-refractivity contribution in [2.75, 3.05) is 5.32 Å². The van der Waals surface area contributed by atoms with Crippen molar-refractivity contribution < 1.29 is 4.52 Å². The first-order chi connectivity index (χ1) is 17.5. The Morgan fingerprint density at radius 2 is 1.94 bits per heavy atom. The van der Waals surface area contributed by atoms with E-state index in [0.29, 0.717) is 23.3 Å². The van der Waals surface area contributed by atoms with Crippen LogP contribution in [0.5, 0.6) is 0 Å². The maximum absolute atomic E-state index is 11.7. The van der Waals surface area contributed by atoms with Gasteiger partial charge in [-0.3, -0.25) is 9.51 Å². The number of fused-ring (bicyclic) bond motifs is 1. The molecule has 2 N–H and O–H groups in total. The van der Waals surface area contributed by atoms with Crippen molar-refractivity contribution in [1.82, 2.24) is 29.7 Å². The van der Waals surface area contributed by atoms with Crippen LogP contribution in [0.25, 0.3) is 28.4 Å². The van der Waals surface area contributed by atoms with Gasteiger partial charge in [-0.25, -0.2) is 19.7 Å². The van der Waals surface area contributed by atoms with Gasteiger partial charge in [0.2, 0.25) is 11.6 Å². The van der Waals surface area contributed by atoms with Gasteiger partial charge in [0.15, 0.2) is 11.5 Å². The summed E-state index contributed by atoms with van der Waals surface area (Å²) in [6, 6.07) is 0.289. The van der Waals surface area contributed by atoms with E-state index in [1.54, 1.807) is 0 Å². The minimum Gasteiger partial charge on any atom is -0.365 e. The summed E-state index contributed by atoms with van der Waals surface area (Å²) in [5.41, 5.74) is 2.94. The highest BCUT2D eigenvalue weighted by atomic mass is 16.5. The number of hydrogen-bond acceptors (Lipinski definition) is 7. The summed E-state index contributed by atoms with van der Waals surface area (Å²) < 4.78 is 7.15. The molecule has 9 nitrogen and oxygen atoms in total. The minimum atomic E-state index is -0.615. The number of aromatic nitrogens is 6. The molecule has 3 aromatic heterocycles. The van der Waals surface area contributed by atoms with Crippen molar-refractivity contribution in [3.8, 4) is 11.6 Å². The largest absolute Gasteiger partial charge is 0.439 e. The van der Waals surface area contributed by atoms with Crippen molar-refractivity contribution in [3.05, 3.63) is 22.5 Å². The minimum absolute atomic E-state index is 0.232. The number of nitrogens with one attached hydrogen (secondary N) is 2. The van der Waals surface area contributed by atoms with Crippen LogP contribution in [0.2, 0.25) is 0 Å². The zero-order valence-electron chi connectivity index (χ0n) is 21.4. The topological polar surface area (TPSA) is 115 Å². The lowest BCUT2D eigenvalue weighted by Crippen LogP contribution is -2.31. The summed E-state index contributed by atoms with van der Waals surface area (Å²) >= 11 is 0. The third kappa shape index (κ3) is 4.60. The van der Waals surface area contributed by atoms with Crippen molar-refractivity contribution in [2.24, 2.45) is 17.8 Å². The van der Waals surface area contributed by atoms with Crippen LogP contribution in [0.1, 0.15) is 90.3 Å². The number of imidazole rings is 1. The Morgan fingerprint density at radius 1 is 1.11 bits per heavy atom. The second kappa shape index (κ2) is 9.82. The van der Waals surface area contributed by atoms with Gasteiger partial charge in [-0.05, 0) is 81.6 Å². The van der Waals surface area contributed by atoms with Gasteiger partial charge in [-0.1, -0.05) is 37.4 Å². The molecule has 2 fully saturated rings. The van der Waals surface area contributed by atoms with E-state index in [1.807, 2.05) is 0 Å². The average Bonchev–Trinajstić information content (AvgIpc) is 3.44. The van der Waals surface area contributed by atoms with Gasteiger partial charge in [0.1, 0.15) is 11.3 Å². The van der Waals surface area contributed by atoms with E-state index in [2.05, 4.69) is 39.9 Å². The predicted octanol–water partition coefficient (Wildman–Crippen LogP) is 5.55. The van der Waals surface area contributed by atoms with Gasteiger partial charge >= 0.3 is 5.76 Å². The van der Waals surface area contributed by atoms with Crippen molar-refractivity contribution >= 4 is 22.6 Å². The zero-order valence-corrected chi connectivity index (χ0v) is 21.4. The molecule has 1 atom stereocenters. The Kier molecular flexibility index (Phi) is 6.39. The molecule has 0 radical (unpaired) electrons. The number of allylic oxidation sites excluding steroid dienone is 2. The molecule has 0 amide bonds. The van der Waals surface area contributed by atoms with Gasteiger partial charge in [0, 0.05) is 12.6 Å². The second-order valence-electron chi connectivity index (χ2n) is 11.3. The first kappa shape index (κ1) is 23.4. The molecule has 6 rings (SSSR count). The molecule has 3 aliphatic carbocycles. The number of anilines is 1. The molecule has 192 valence electrons. The van der Waals surface area contributed by atoms with Crippen LogP contribution in [0, 0.1) is 17.8 Å². The molecule has 3 aromatic rings. The van der Waals surface area contributed by atoms with Gasteiger partial charge in [-0.15, -0.1) is 0 Å². The predicted molar refractivity (Wildman–Crippen MR) is 139 cm³/mol. The lowest BCUT2D eigenvalue weighted by Gasteiger charge is -2.32. The quantitative estimate of drug-likeness (QED) is 0.445. The Hall–Kier alpha value is -2.97. The van der Waals surface area contributed by atoms with Crippen LogP contribution < -0.4 is 11.1 Å². The fraction of sp³-hybridized carbons (Fsp3) is 0.667. The Labute approximate surface area is 211 Å². The third-order valence-electron chi connectivity index (χ3n) is 8.63. The van der Waals surface area contributed by atoms with Crippen LogP contribution in [0.3, 0.4) is 0 Å².